The van der Waals surface area contributed by atoms with E-state index < -0.39 is 17.7 Å². The van der Waals surface area contributed by atoms with Crippen molar-refractivity contribution in [3.8, 4) is 0 Å². The van der Waals surface area contributed by atoms with Gasteiger partial charge < -0.3 is 9.80 Å². The number of nitrogens with zero attached hydrogens (tertiary/aromatic N) is 4. The molecule has 0 spiro atoms. The maximum atomic E-state index is 13.2. The Hall–Kier alpha value is -2.38. The molecular weight excluding hydrogens is 312 g/mol. The molecule has 0 aliphatic heterocycles. The SMILES string of the molecule is CN(C)c1cc(C(F)(F)F)nc(N(C)Cc2cccc(F)c2)n1. The fourth-order valence-corrected chi connectivity index (χ4v) is 1.95. The van der Waals surface area contributed by atoms with Crippen molar-refractivity contribution in [1.29, 1.82) is 0 Å². The Balaban J connectivity index is 2.35. The molecule has 1 aromatic carbocycles. The Morgan fingerprint density at radius 1 is 1.04 bits per heavy atom. The minimum Gasteiger partial charge on any atom is -0.363 e. The summed E-state index contributed by atoms with van der Waals surface area (Å²) in [6.07, 6.45) is -4.57. The van der Waals surface area contributed by atoms with Crippen molar-refractivity contribution in [3.05, 3.63) is 47.4 Å². The Labute approximate surface area is 131 Å². The standard InChI is InChI=1S/C15H16F4N4/c1-22(2)13-8-12(15(17,18)19)20-14(21-13)23(3)9-10-5-4-6-11(16)7-10/h4-8H,9H2,1-3H3. The third-order valence-electron chi connectivity index (χ3n) is 3.10. The zero-order chi connectivity index (χ0) is 17.2. The van der Waals surface area contributed by atoms with Crippen LogP contribution in [-0.2, 0) is 12.7 Å². The summed E-state index contributed by atoms with van der Waals surface area (Å²) >= 11 is 0. The van der Waals surface area contributed by atoms with E-state index in [-0.39, 0.29) is 18.3 Å². The van der Waals surface area contributed by atoms with E-state index in [0.717, 1.165) is 6.07 Å². The number of benzene rings is 1. The molecule has 0 saturated carbocycles. The van der Waals surface area contributed by atoms with Crippen molar-refractivity contribution in [2.24, 2.45) is 0 Å². The van der Waals surface area contributed by atoms with E-state index in [4.69, 9.17) is 0 Å². The smallest absolute Gasteiger partial charge is 0.363 e. The van der Waals surface area contributed by atoms with Crippen molar-refractivity contribution in [3.63, 3.8) is 0 Å². The topological polar surface area (TPSA) is 32.3 Å². The second kappa shape index (κ2) is 6.39. The van der Waals surface area contributed by atoms with Crippen molar-refractivity contribution >= 4 is 11.8 Å². The summed E-state index contributed by atoms with van der Waals surface area (Å²) < 4.78 is 52.1. The lowest BCUT2D eigenvalue weighted by Gasteiger charge is -2.21. The van der Waals surface area contributed by atoms with Gasteiger partial charge in [0, 0.05) is 33.8 Å². The molecule has 0 bridgehead atoms. The van der Waals surface area contributed by atoms with Crippen LogP contribution >= 0.6 is 0 Å². The molecule has 0 radical (unpaired) electrons. The molecule has 124 valence electrons. The second-order valence-corrected chi connectivity index (χ2v) is 5.29. The van der Waals surface area contributed by atoms with Gasteiger partial charge in [-0.3, -0.25) is 0 Å². The highest BCUT2D eigenvalue weighted by molar-refractivity contribution is 5.45. The quantitative estimate of drug-likeness (QED) is 0.806. The lowest BCUT2D eigenvalue weighted by atomic mass is 10.2. The van der Waals surface area contributed by atoms with Crippen molar-refractivity contribution in [2.75, 3.05) is 30.9 Å². The summed E-state index contributed by atoms with van der Waals surface area (Å²) in [5, 5.41) is 0. The number of aromatic nitrogens is 2. The number of halogens is 4. The minimum atomic E-state index is -4.57. The fraction of sp³-hybridized carbons (Fsp3) is 0.333. The summed E-state index contributed by atoms with van der Waals surface area (Å²) in [5.74, 6) is -0.337. The Bertz CT molecular complexity index is 685. The molecule has 0 atom stereocenters. The summed E-state index contributed by atoms with van der Waals surface area (Å²) in [5.41, 5.74) is -0.405. The summed E-state index contributed by atoms with van der Waals surface area (Å²) in [6, 6.07) is 6.72. The van der Waals surface area contributed by atoms with E-state index >= 15 is 0 Å². The molecule has 1 heterocycles. The Kier molecular flexibility index (Phi) is 4.72. The molecule has 23 heavy (non-hydrogen) atoms. The highest BCUT2D eigenvalue weighted by atomic mass is 19.4. The first kappa shape index (κ1) is 17.0. The second-order valence-electron chi connectivity index (χ2n) is 5.29. The van der Waals surface area contributed by atoms with E-state index in [1.54, 1.807) is 27.2 Å². The first-order valence-corrected chi connectivity index (χ1v) is 6.76. The molecule has 0 aliphatic rings. The lowest BCUT2D eigenvalue weighted by Crippen LogP contribution is -2.23. The molecule has 2 rings (SSSR count). The maximum Gasteiger partial charge on any atom is 0.433 e. The van der Waals surface area contributed by atoms with Gasteiger partial charge >= 0.3 is 6.18 Å². The maximum absolute atomic E-state index is 13.2. The van der Waals surface area contributed by atoms with Crippen LogP contribution in [-0.4, -0.2) is 31.1 Å². The third-order valence-corrected chi connectivity index (χ3v) is 3.10. The molecule has 0 fully saturated rings. The first-order valence-electron chi connectivity index (χ1n) is 6.76. The van der Waals surface area contributed by atoms with Gasteiger partial charge in [0.25, 0.3) is 0 Å². The van der Waals surface area contributed by atoms with Gasteiger partial charge in [-0.25, -0.2) is 9.37 Å². The van der Waals surface area contributed by atoms with E-state index in [1.807, 2.05) is 0 Å². The third kappa shape index (κ3) is 4.30. The molecule has 0 amide bonds. The lowest BCUT2D eigenvalue weighted by molar-refractivity contribution is -0.141. The van der Waals surface area contributed by atoms with Crippen molar-refractivity contribution < 1.29 is 17.6 Å². The van der Waals surface area contributed by atoms with Crippen LogP contribution < -0.4 is 9.80 Å². The van der Waals surface area contributed by atoms with Crippen LogP contribution in [0.5, 0.6) is 0 Å². The summed E-state index contributed by atoms with van der Waals surface area (Å²) in [4.78, 5) is 10.6. The van der Waals surface area contributed by atoms with Gasteiger partial charge in [-0.1, -0.05) is 12.1 Å². The molecule has 0 N–H and O–H groups in total. The Morgan fingerprint density at radius 3 is 2.30 bits per heavy atom. The highest BCUT2D eigenvalue weighted by Crippen LogP contribution is 2.30. The van der Waals surface area contributed by atoms with Crippen molar-refractivity contribution in [2.45, 2.75) is 12.7 Å². The van der Waals surface area contributed by atoms with E-state index in [9.17, 15) is 17.6 Å². The molecule has 0 aliphatic carbocycles. The number of rotatable bonds is 4. The average Bonchev–Trinajstić information content (AvgIpc) is 2.45. The van der Waals surface area contributed by atoms with Crippen LogP contribution in [0, 0.1) is 5.82 Å². The van der Waals surface area contributed by atoms with Gasteiger partial charge in [0.15, 0.2) is 5.69 Å². The number of anilines is 2. The van der Waals surface area contributed by atoms with Gasteiger partial charge in [-0.05, 0) is 17.7 Å². The molecule has 4 nitrogen and oxygen atoms in total. The van der Waals surface area contributed by atoms with Gasteiger partial charge in [-0.2, -0.15) is 18.2 Å². The van der Waals surface area contributed by atoms with E-state index in [2.05, 4.69) is 9.97 Å². The van der Waals surface area contributed by atoms with E-state index in [0.29, 0.717) is 5.56 Å². The van der Waals surface area contributed by atoms with Gasteiger partial charge in [-0.15, -0.1) is 0 Å². The zero-order valence-electron chi connectivity index (χ0n) is 12.9. The van der Waals surface area contributed by atoms with E-state index in [1.165, 1.54) is 28.0 Å². The normalized spacial score (nSPS) is 11.4. The summed E-state index contributed by atoms with van der Waals surface area (Å²) in [6.45, 7) is 0.186. The van der Waals surface area contributed by atoms with Gasteiger partial charge in [0.05, 0.1) is 0 Å². The van der Waals surface area contributed by atoms with Crippen LogP contribution in [0.4, 0.5) is 29.3 Å². The molecule has 0 unspecified atom stereocenters. The zero-order valence-corrected chi connectivity index (χ0v) is 12.9. The van der Waals surface area contributed by atoms with Gasteiger partial charge in [0.1, 0.15) is 11.6 Å². The molecular formula is C15H16F4N4. The molecule has 1 aromatic heterocycles. The molecule has 0 saturated heterocycles. The minimum absolute atomic E-state index is 0.0761. The number of hydrogen-bond acceptors (Lipinski definition) is 4. The van der Waals surface area contributed by atoms with Crippen LogP contribution in [0.25, 0.3) is 0 Å². The van der Waals surface area contributed by atoms with Crippen LogP contribution in [0.2, 0.25) is 0 Å². The number of hydrogen-bond donors (Lipinski definition) is 0. The predicted molar refractivity (Wildman–Crippen MR) is 79.9 cm³/mol. The van der Waals surface area contributed by atoms with Crippen LogP contribution in [0.1, 0.15) is 11.3 Å². The molecule has 2 aromatic rings. The van der Waals surface area contributed by atoms with Crippen LogP contribution in [0.15, 0.2) is 30.3 Å². The Morgan fingerprint density at radius 2 is 1.74 bits per heavy atom. The first-order chi connectivity index (χ1) is 10.7. The highest BCUT2D eigenvalue weighted by Gasteiger charge is 2.34. The monoisotopic (exact) mass is 328 g/mol. The predicted octanol–water partition coefficient (Wildman–Crippen LogP) is 3.34. The fourth-order valence-electron chi connectivity index (χ4n) is 1.95. The van der Waals surface area contributed by atoms with Crippen molar-refractivity contribution in [1.82, 2.24) is 9.97 Å². The summed E-state index contributed by atoms with van der Waals surface area (Å²) in [7, 11) is 4.75. The van der Waals surface area contributed by atoms with Crippen LogP contribution in [0.3, 0.4) is 0 Å². The average molecular weight is 328 g/mol. The number of alkyl halides is 3. The van der Waals surface area contributed by atoms with Gasteiger partial charge in [0.2, 0.25) is 5.95 Å². The largest absolute Gasteiger partial charge is 0.433 e. The molecule has 8 heteroatoms.